The standard InChI is InChI=1S/C22H26N2O4/c1-27-22(26)24-18-12-10-17(11-13-18)23-21(25)14-9-16-5-4-8-20(15-16)28-19-6-2-3-7-19/h4-5,8,10-13,15,19H,2-3,6-7,9,14H2,1H3,(H,23,25)(H,24,26). The second kappa shape index (κ2) is 9.78. The van der Waals surface area contributed by atoms with Gasteiger partial charge in [0.2, 0.25) is 5.91 Å². The zero-order valence-electron chi connectivity index (χ0n) is 16.1. The van der Waals surface area contributed by atoms with Crippen molar-refractivity contribution in [2.24, 2.45) is 0 Å². The fraction of sp³-hybridized carbons (Fsp3) is 0.364. The molecular weight excluding hydrogens is 356 g/mol. The summed E-state index contributed by atoms with van der Waals surface area (Å²) in [5.41, 5.74) is 2.37. The summed E-state index contributed by atoms with van der Waals surface area (Å²) in [6.45, 7) is 0. The molecule has 1 aliphatic rings. The molecule has 0 heterocycles. The van der Waals surface area contributed by atoms with Crippen molar-refractivity contribution in [2.75, 3.05) is 17.7 Å². The number of amides is 2. The maximum Gasteiger partial charge on any atom is 0.411 e. The van der Waals surface area contributed by atoms with E-state index < -0.39 is 6.09 Å². The molecular formula is C22H26N2O4. The van der Waals surface area contributed by atoms with E-state index in [2.05, 4.69) is 15.4 Å². The summed E-state index contributed by atoms with van der Waals surface area (Å²) in [5.74, 6) is 0.828. The first-order valence-electron chi connectivity index (χ1n) is 9.63. The summed E-state index contributed by atoms with van der Waals surface area (Å²) >= 11 is 0. The summed E-state index contributed by atoms with van der Waals surface area (Å²) in [4.78, 5) is 23.4. The highest BCUT2D eigenvalue weighted by molar-refractivity contribution is 5.91. The van der Waals surface area contributed by atoms with Gasteiger partial charge in [0, 0.05) is 17.8 Å². The van der Waals surface area contributed by atoms with E-state index in [-0.39, 0.29) is 5.91 Å². The third-order valence-corrected chi connectivity index (χ3v) is 4.74. The van der Waals surface area contributed by atoms with Crippen molar-refractivity contribution in [1.82, 2.24) is 0 Å². The van der Waals surface area contributed by atoms with Gasteiger partial charge in [-0.3, -0.25) is 10.1 Å². The van der Waals surface area contributed by atoms with Crippen molar-refractivity contribution in [3.63, 3.8) is 0 Å². The zero-order chi connectivity index (χ0) is 19.8. The molecule has 2 N–H and O–H groups in total. The molecule has 1 saturated carbocycles. The number of aryl methyl sites for hydroxylation is 1. The van der Waals surface area contributed by atoms with Crippen LogP contribution in [0.4, 0.5) is 16.2 Å². The Morgan fingerprint density at radius 3 is 2.36 bits per heavy atom. The van der Waals surface area contributed by atoms with Crippen molar-refractivity contribution in [3.8, 4) is 5.75 Å². The molecule has 3 rings (SSSR count). The first kappa shape index (κ1) is 19.7. The lowest BCUT2D eigenvalue weighted by atomic mass is 10.1. The number of anilines is 2. The lowest BCUT2D eigenvalue weighted by Gasteiger charge is -2.14. The van der Waals surface area contributed by atoms with Crippen LogP contribution in [0.2, 0.25) is 0 Å². The highest BCUT2D eigenvalue weighted by Gasteiger charge is 2.16. The molecule has 1 fully saturated rings. The largest absolute Gasteiger partial charge is 0.490 e. The minimum Gasteiger partial charge on any atom is -0.490 e. The maximum absolute atomic E-state index is 12.2. The molecule has 0 radical (unpaired) electrons. The number of hydrogen-bond acceptors (Lipinski definition) is 4. The van der Waals surface area contributed by atoms with E-state index in [0.717, 1.165) is 24.2 Å². The van der Waals surface area contributed by atoms with Crippen LogP contribution >= 0.6 is 0 Å². The van der Waals surface area contributed by atoms with Crippen molar-refractivity contribution in [2.45, 2.75) is 44.6 Å². The van der Waals surface area contributed by atoms with Crippen LogP contribution < -0.4 is 15.4 Å². The van der Waals surface area contributed by atoms with Crippen molar-refractivity contribution < 1.29 is 19.1 Å². The highest BCUT2D eigenvalue weighted by Crippen LogP contribution is 2.25. The fourth-order valence-corrected chi connectivity index (χ4v) is 3.26. The zero-order valence-corrected chi connectivity index (χ0v) is 16.1. The smallest absolute Gasteiger partial charge is 0.411 e. The lowest BCUT2D eigenvalue weighted by molar-refractivity contribution is -0.116. The number of rotatable bonds is 7. The van der Waals surface area contributed by atoms with Crippen molar-refractivity contribution >= 4 is 23.4 Å². The van der Waals surface area contributed by atoms with Gasteiger partial charge in [-0.15, -0.1) is 0 Å². The van der Waals surface area contributed by atoms with E-state index in [9.17, 15) is 9.59 Å². The second-order valence-electron chi connectivity index (χ2n) is 6.91. The van der Waals surface area contributed by atoms with Gasteiger partial charge in [0.1, 0.15) is 5.75 Å². The second-order valence-corrected chi connectivity index (χ2v) is 6.91. The molecule has 6 nitrogen and oxygen atoms in total. The Labute approximate surface area is 165 Å². The molecule has 2 aromatic rings. The van der Waals surface area contributed by atoms with Crippen LogP contribution in [0.25, 0.3) is 0 Å². The molecule has 0 aliphatic heterocycles. The van der Waals surface area contributed by atoms with Crippen LogP contribution in [0.1, 0.15) is 37.7 Å². The summed E-state index contributed by atoms with van der Waals surface area (Å²) in [7, 11) is 1.31. The quantitative estimate of drug-likeness (QED) is 0.724. The first-order chi connectivity index (χ1) is 13.6. The van der Waals surface area contributed by atoms with Gasteiger partial charge in [0.05, 0.1) is 13.2 Å². The van der Waals surface area contributed by atoms with E-state index >= 15 is 0 Å². The Morgan fingerprint density at radius 1 is 1.00 bits per heavy atom. The van der Waals surface area contributed by atoms with E-state index in [4.69, 9.17) is 4.74 Å². The maximum atomic E-state index is 12.2. The Morgan fingerprint density at radius 2 is 1.68 bits per heavy atom. The van der Waals surface area contributed by atoms with Crippen LogP contribution in [-0.2, 0) is 16.0 Å². The molecule has 28 heavy (non-hydrogen) atoms. The van der Waals surface area contributed by atoms with Gasteiger partial charge in [-0.25, -0.2) is 4.79 Å². The monoisotopic (exact) mass is 382 g/mol. The van der Waals surface area contributed by atoms with Gasteiger partial charge < -0.3 is 14.8 Å². The summed E-state index contributed by atoms with van der Waals surface area (Å²) in [5, 5.41) is 5.43. The molecule has 2 aromatic carbocycles. The molecule has 6 heteroatoms. The van der Waals surface area contributed by atoms with Crippen LogP contribution in [-0.4, -0.2) is 25.2 Å². The Hall–Kier alpha value is -3.02. The number of methoxy groups -OCH3 is 1. The van der Waals surface area contributed by atoms with Gasteiger partial charge in [-0.05, 0) is 74.1 Å². The average molecular weight is 382 g/mol. The van der Waals surface area contributed by atoms with Crippen LogP contribution in [0, 0.1) is 0 Å². The van der Waals surface area contributed by atoms with E-state index in [1.54, 1.807) is 24.3 Å². The number of benzene rings is 2. The number of hydrogen-bond donors (Lipinski definition) is 2. The number of nitrogens with one attached hydrogen (secondary N) is 2. The van der Waals surface area contributed by atoms with Crippen molar-refractivity contribution in [3.05, 3.63) is 54.1 Å². The average Bonchev–Trinajstić information content (AvgIpc) is 3.21. The van der Waals surface area contributed by atoms with Crippen LogP contribution in [0.15, 0.2) is 48.5 Å². The predicted molar refractivity (Wildman–Crippen MR) is 109 cm³/mol. The van der Waals surface area contributed by atoms with Gasteiger partial charge >= 0.3 is 6.09 Å². The topological polar surface area (TPSA) is 76.7 Å². The molecule has 148 valence electrons. The van der Waals surface area contributed by atoms with E-state index in [0.29, 0.717) is 30.3 Å². The van der Waals surface area contributed by atoms with Crippen LogP contribution in [0.5, 0.6) is 5.75 Å². The number of carbonyl (C=O) groups excluding carboxylic acids is 2. The SMILES string of the molecule is COC(=O)Nc1ccc(NC(=O)CCc2cccc(OC3CCCC3)c2)cc1. The van der Waals surface area contributed by atoms with Gasteiger partial charge in [0.25, 0.3) is 0 Å². The molecule has 0 unspecified atom stereocenters. The number of ether oxygens (including phenoxy) is 2. The molecule has 0 saturated heterocycles. The lowest BCUT2D eigenvalue weighted by Crippen LogP contribution is -2.13. The molecule has 1 aliphatic carbocycles. The minimum atomic E-state index is -0.532. The summed E-state index contributed by atoms with van der Waals surface area (Å²) in [6.07, 6.45) is 5.56. The fourth-order valence-electron chi connectivity index (χ4n) is 3.26. The third kappa shape index (κ3) is 6.01. The summed E-state index contributed by atoms with van der Waals surface area (Å²) in [6, 6.07) is 14.9. The van der Waals surface area contributed by atoms with Crippen LogP contribution in [0.3, 0.4) is 0 Å². The van der Waals surface area contributed by atoms with Gasteiger partial charge in [-0.1, -0.05) is 12.1 Å². The summed E-state index contributed by atoms with van der Waals surface area (Å²) < 4.78 is 10.6. The Balaban J connectivity index is 1.46. The predicted octanol–water partition coefficient (Wildman–Crippen LogP) is 4.76. The minimum absolute atomic E-state index is 0.0595. The van der Waals surface area contributed by atoms with E-state index in [1.165, 1.54) is 20.0 Å². The molecule has 0 atom stereocenters. The molecule has 0 aromatic heterocycles. The van der Waals surface area contributed by atoms with Gasteiger partial charge in [0.15, 0.2) is 0 Å². The third-order valence-electron chi connectivity index (χ3n) is 4.74. The molecule has 0 spiro atoms. The highest BCUT2D eigenvalue weighted by atomic mass is 16.5. The van der Waals surface area contributed by atoms with Gasteiger partial charge in [-0.2, -0.15) is 0 Å². The normalized spacial score (nSPS) is 13.8. The number of carbonyl (C=O) groups is 2. The van der Waals surface area contributed by atoms with Crippen molar-refractivity contribution in [1.29, 1.82) is 0 Å². The Bertz CT molecular complexity index is 798. The van der Waals surface area contributed by atoms with E-state index in [1.807, 2.05) is 24.3 Å². The Kier molecular flexibility index (Phi) is 6.89. The molecule has 2 amide bonds. The molecule has 0 bridgehead atoms. The first-order valence-corrected chi connectivity index (χ1v) is 9.63.